The average molecular weight is 389 g/mol. The van der Waals surface area contributed by atoms with Gasteiger partial charge in [0.1, 0.15) is 5.82 Å². The van der Waals surface area contributed by atoms with Gasteiger partial charge in [0.2, 0.25) is 5.91 Å². The molecule has 6 heteroatoms. The summed E-state index contributed by atoms with van der Waals surface area (Å²) in [5.74, 6) is 1.21. The highest BCUT2D eigenvalue weighted by molar-refractivity contribution is 9.10. The van der Waals surface area contributed by atoms with Crippen LogP contribution in [0, 0.1) is 12.8 Å². The fraction of sp³-hybridized carbons (Fsp3) is 0.389. The summed E-state index contributed by atoms with van der Waals surface area (Å²) in [4.78, 5) is 23.1. The third kappa shape index (κ3) is 4.12. The lowest BCUT2D eigenvalue weighted by molar-refractivity contribution is -0.125. The van der Waals surface area contributed by atoms with Crippen LogP contribution >= 0.6 is 15.9 Å². The topological polar surface area (TPSA) is 58.1 Å². The maximum atomic E-state index is 12.3. The number of rotatable bonds is 4. The van der Waals surface area contributed by atoms with Gasteiger partial charge in [0.25, 0.3) is 0 Å². The van der Waals surface area contributed by atoms with Crippen LogP contribution in [0.25, 0.3) is 0 Å². The maximum absolute atomic E-state index is 12.3. The molecule has 0 unspecified atom stereocenters. The van der Waals surface area contributed by atoms with Crippen LogP contribution in [-0.4, -0.2) is 29.0 Å². The molecule has 2 aromatic rings. The molecule has 1 N–H and O–H groups in total. The van der Waals surface area contributed by atoms with Gasteiger partial charge in [-0.3, -0.25) is 9.78 Å². The maximum Gasteiger partial charge on any atom is 0.223 e. The third-order valence-corrected chi connectivity index (χ3v) is 5.24. The SMILES string of the molecule is Cc1cc(N2CCC(C(=O)NCc3cccnc3)CC2)ncc1Br. The molecule has 3 heterocycles. The number of aromatic nitrogens is 2. The first-order valence-corrected chi connectivity index (χ1v) is 8.96. The van der Waals surface area contributed by atoms with E-state index in [1.165, 1.54) is 5.56 Å². The van der Waals surface area contributed by atoms with Crippen LogP contribution in [0.3, 0.4) is 0 Å². The Labute approximate surface area is 150 Å². The van der Waals surface area contributed by atoms with Crippen molar-refractivity contribution >= 4 is 27.7 Å². The van der Waals surface area contributed by atoms with Gasteiger partial charge < -0.3 is 10.2 Å². The van der Waals surface area contributed by atoms with Crippen molar-refractivity contribution < 1.29 is 4.79 Å². The van der Waals surface area contributed by atoms with Gasteiger partial charge in [-0.1, -0.05) is 6.07 Å². The molecule has 2 aromatic heterocycles. The smallest absolute Gasteiger partial charge is 0.223 e. The fourth-order valence-electron chi connectivity index (χ4n) is 2.90. The van der Waals surface area contributed by atoms with E-state index in [4.69, 9.17) is 0 Å². The summed E-state index contributed by atoms with van der Waals surface area (Å²) in [5.41, 5.74) is 2.20. The van der Waals surface area contributed by atoms with Gasteiger partial charge in [-0.2, -0.15) is 0 Å². The minimum atomic E-state index is 0.0782. The van der Waals surface area contributed by atoms with Gasteiger partial charge in [-0.25, -0.2) is 4.98 Å². The molecule has 24 heavy (non-hydrogen) atoms. The molecule has 0 saturated carbocycles. The molecular weight excluding hydrogens is 368 g/mol. The summed E-state index contributed by atoms with van der Waals surface area (Å²) in [6.45, 7) is 4.33. The van der Waals surface area contributed by atoms with Crippen molar-refractivity contribution in [2.75, 3.05) is 18.0 Å². The Morgan fingerprint density at radius 2 is 2.17 bits per heavy atom. The fourth-order valence-corrected chi connectivity index (χ4v) is 3.12. The number of halogens is 1. The normalized spacial score (nSPS) is 15.3. The number of carbonyl (C=O) groups excluding carboxylic acids is 1. The summed E-state index contributed by atoms with van der Waals surface area (Å²) in [6.07, 6.45) is 7.08. The molecule has 0 aliphatic carbocycles. The Kier molecular flexibility index (Phi) is 5.45. The number of pyridine rings is 2. The van der Waals surface area contributed by atoms with Gasteiger partial charge in [0, 0.05) is 48.6 Å². The zero-order valence-electron chi connectivity index (χ0n) is 13.7. The van der Waals surface area contributed by atoms with Crippen LogP contribution < -0.4 is 10.2 Å². The lowest BCUT2D eigenvalue weighted by Crippen LogP contribution is -2.40. The second-order valence-electron chi connectivity index (χ2n) is 6.13. The number of piperidine rings is 1. The van der Waals surface area contributed by atoms with E-state index in [2.05, 4.69) is 49.1 Å². The van der Waals surface area contributed by atoms with Crippen molar-refractivity contribution in [1.82, 2.24) is 15.3 Å². The van der Waals surface area contributed by atoms with Gasteiger partial charge in [0.05, 0.1) is 0 Å². The van der Waals surface area contributed by atoms with E-state index in [0.29, 0.717) is 6.54 Å². The van der Waals surface area contributed by atoms with Crippen molar-refractivity contribution in [3.05, 3.63) is 52.4 Å². The highest BCUT2D eigenvalue weighted by Gasteiger charge is 2.25. The lowest BCUT2D eigenvalue weighted by atomic mass is 9.95. The minimum Gasteiger partial charge on any atom is -0.357 e. The van der Waals surface area contributed by atoms with Crippen molar-refractivity contribution in [2.24, 2.45) is 5.92 Å². The van der Waals surface area contributed by atoms with Crippen LogP contribution in [0.2, 0.25) is 0 Å². The van der Waals surface area contributed by atoms with E-state index in [1.807, 2.05) is 18.3 Å². The van der Waals surface area contributed by atoms with Crippen LogP contribution in [0.1, 0.15) is 24.0 Å². The van der Waals surface area contributed by atoms with Crippen LogP contribution in [0.15, 0.2) is 41.3 Å². The lowest BCUT2D eigenvalue weighted by Gasteiger charge is -2.32. The van der Waals surface area contributed by atoms with Crippen molar-refractivity contribution in [3.8, 4) is 0 Å². The number of nitrogens with one attached hydrogen (secondary N) is 1. The zero-order chi connectivity index (χ0) is 16.9. The molecule has 0 bridgehead atoms. The van der Waals surface area contributed by atoms with Crippen molar-refractivity contribution in [3.63, 3.8) is 0 Å². The first kappa shape index (κ1) is 16.9. The highest BCUT2D eigenvalue weighted by Crippen LogP contribution is 2.25. The van der Waals surface area contributed by atoms with E-state index >= 15 is 0 Å². The average Bonchev–Trinajstić information content (AvgIpc) is 2.63. The number of carbonyl (C=O) groups is 1. The summed E-state index contributed by atoms with van der Waals surface area (Å²) >= 11 is 3.48. The molecule has 5 nitrogen and oxygen atoms in total. The predicted molar refractivity (Wildman–Crippen MR) is 97.7 cm³/mol. The van der Waals surface area contributed by atoms with E-state index in [1.54, 1.807) is 12.4 Å². The second-order valence-corrected chi connectivity index (χ2v) is 6.99. The zero-order valence-corrected chi connectivity index (χ0v) is 15.3. The van der Waals surface area contributed by atoms with E-state index in [-0.39, 0.29) is 11.8 Å². The first-order chi connectivity index (χ1) is 11.6. The van der Waals surface area contributed by atoms with Gasteiger partial charge in [-0.05, 0) is 59.0 Å². The third-order valence-electron chi connectivity index (χ3n) is 4.41. The molecule has 0 radical (unpaired) electrons. The molecule has 126 valence electrons. The van der Waals surface area contributed by atoms with Gasteiger partial charge >= 0.3 is 0 Å². The van der Waals surface area contributed by atoms with Crippen LogP contribution in [-0.2, 0) is 11.3 Å². The summed E-state index contributed by atoms with van der Waals surface area (Å²) in [6, 6.07) is 5.94. The Hall–Kier alpha value is -1.95. The van der Waals surface area contributed by atoms with Gasteiger partial charge in [-0.15, -0.1) is 0 Å². The Morgan fingerprint density at radius 1 is 1.38 bits per heavy atom. The molecule has 1 saturated heterocycles. The Morgan fingerprint density at radius 3 is 2.83 bits per heavy atom. The number of hydrogen-bond acceptors (Lipinski definition) is 4. The Balaban J connectivity index is 1.51. The standard InChI is InChI=1S/C18H21BrN4O/c1-13-9-17(21-12-16(13)19)23-7-4-15(5-8-23)18(24)22-11-14-3-2-6-20-10-14/h2-3,6,9-10,12,15H,4-5,7-8,11H2,1H3,(H,22,24). The summed E-state index contributed by atoms with van der Waals surface area (Å²) < 4.78 is 1.02. The van der Waals surface area contributed by atoms with E-state index in [9.17, 15) is 4.79 Å². The molecule has 1 aliphatic heterocycles. The first-order valence-electron chi connectivity index (χ1n) is 8.17. The van der Waals surface area contributed by atoms with Crippen LogP contribution in [0.5, 0.6) is 0 Å². The number of nitrogens with zero attached hydrogens (tertiary/aromatic N) is 3. The predicted octanol–water partition coefficient (Wildman–Crippen LogP) is 3.08. The van der Waals surface area contributed by atoms with Gasteiger partial charge in [0.15, 0.2) is 0 Å². The molecule has 1 fully saturated rings. The van der Waals surface area contributed by atoms with Crippen LogP contribution in [0.4, 0.5) is 5.82 Å². The Bertz CT molecular complexity index is 699. The summed E-state index contributed by atoms with van der Waals surface area (Å²) in [7, 11) is 0. The highest BCUT2D eigenvalue weighted by atomic mass is 79.9. The molecule has 1 aliphatic rings. The molecule has 0 spiro atoms. The van der Waals surface area contributed by atoms with E-state index in [0.717, 1.165) is 41.8 Å². The number of amides is 1. The molecular formula is C18H21BrN4O. The molecule has 0 atom stereocenters. The number of aryl methyl sites for hydroxylation is 1. The minimum absolute atomic E-state index is 0.0782. The molecule has 0 aromatic carbocycles. The molecule has 1 amide bonds. The van der Waals surface area contributed by atoms with Crippen molar-refractivity contribution in [2.45, 2.75) is 26.3 Å². The quantitative estimate of drug-likeness (QED) is 0.873. The van der Waals surface area contributed by atoms with Crippen molar-refractivity contribution in [1.29, 1.82) is 0 Å². The monoisotopic (exact) mass is 388 g/mol. The number of anilines is 1. The largest absolute Gasteiger partial charge is 0.357 e. The summed E-state index contributed by atoms with van der Waals surface area (Å²) in [5, 5.41) is 3.02. The van der Waals surface area contributed by atoms with E-state index < -0.39 is 0 Å². The molecule has 3 rings (SSSR count). The number of hydrogen-bond donors (Lipinski definition) is 1. The second kappa shape index (κ2) is 7.75.